The molecule has 0 aliphatic carbocycles. The molecule has 136 valence electrons. The van der Waals surface area contributed by atoms with Crippen molar-refractivity contribution in [1.82, 2.24) is 4.98 Å². The van der Waals surface area contributed by atoms with Crippen LogP contribution in [0.4, 0.5) is 10.8 Å². The number of nitrogens with zero attached hydrogens (tertiary/aromatic N) is 1. The average Bonchev–Trinajstić information content (AvgIpc) is 3.11. The summed E-state index contributed by atoms with van der Waals surface area (Å²) in [5, 5.41) is 6.46. The van der Waals surface area contributed by atoms with Crippen molar-refractivity contribution in [2.45, 2.75) is 0 Å². The fraction of sp³-hybridized carbons (Fsp3) is 0.167. The maximum atomic E-state index is 6.15. The first kappa shape index (κ1) is 18.8. The Morgan fingerprint density at radius 1 is 1.00 bits per heavy atom. The number of methoxy groups -OCH3 is 3. The largest absolute Gasteiger partial charge is 0.496 e. The minimum absolute atomic E-state index is 0.484. The number of nitrogens with one attached hydrogen (secondary N) is 1. The van der Waals surface area contributed by atoms with E-state index < -0.39 is 0 Å². The van der Waals surface area contributed by atoms with Crippen molar-refractivity contribution >= 4 is 49.7 Å². The Morgan fingerprint density at radius 2 is 1.73 bits per heavy atom. The summed E-state index contributed by atoms with van der Waals surface area (Å²) in [6.07, 6.45) is 0. The highest BCUT2D eigenvalue weighted by Crippen LogP contribution is 2.38. The highest BCUT2D eigenvalue weighted by molar-refractivity contribution is 9.10. The second-order valence-electron chi connectivity index (χ2n) is 5.20. The minimum Gasteiger partial charge on any atom is -0.496 e. The molecule has 0 fully saturated rings. The van der Waals surface area contributed by atoms with Crippen LogP contribution in [-0.2, 0) is 0 Å². The Balaban J connectivity index is 1.88. The number of halogens is 2. The second-order valence-corrected chi connectivity index (χ2v) is 7.32. The molecule has 0 spiro atoms. The zero-order valence-electron chi connectivity index (χ0n) is 14.3. The molecule has 3 aromatic rings. The molecule has 0 unspecified atom stereocenters. The maximum absolute atomic E-state index is 6.15. The number of anilines is 2. The van der Waals surface area contributed by atoms with E-state index in [0.29, 0.717) is 16.5 Å². The van der Waals surface area contributed by atoms with Crippen molar-refractivity contribution < 1.29 is 14.2 Å². The van der Waals surface area contributed by atoms with Gasteiger partial charge in [-0.15, -0.1) is 11.3 Å². The van der Waals surface area contributed by atoms with Crippen LogP contribution in [0.3, 0.4) is 0 Å². The van der Waals surface area contributed by atoms with Crippen LogP contribution in [0, 0.1) is 0 Å². The molecule has 0 saturated carbocycles. The van der Waals surface area contributed by atoms with Crippen molar-refractivity contribution in [2.75, 3.05) is 26.6 Å². The van der Waals surface area contributed by atoms with Crippen LogP contribution in [0.25, 0.3) is 11.3 Å². The van der Waals surface area contributed by atoms with Gasteiger partial charge in [0.05, 0.1) is 42.2 Å². The van der Waals surface area contributed by atoms with Crippen LogP contribution in [0.5, 0.6) is 17.2 Å². The third-order valence-electron chi connectivity index (χ3n) is 3.67. The summed E-state index contributed by atoms with van der Waals surface area (Å²) in [7, 11) is 4.80. The third-order valence-corrected chi connectivity index (χ3v) is 5.34. The second kappa shape index (κ2) is 8.16. The maximum Gasteiger partial charge on any atom is 0.187 e. The molecule has 0 saturated heterocycles. The predicted molar refractivity (Wildman–Crippen MR) is 110 cm³/mol. The highest BCUT2D eigenvalue weighted by Gasteiger charge is 2.13. The molecule has 1 heterocycles. The lowest BCUT2D eigenvalue weighted by atomic mass is 10.2. The topological polar surface area (TPSA) is 52.6 Å². The van der Waals surface area contributed by atoms with Crippen LogP contribution in [0.1, 0.15) is 0 Å². The Bertz CT molecular complexity index is 933. The van der Waals surface area contributed by atoms with E-state index in [1.165, 1.54) is 11.3 Å². The van der Waals surface area contributed by atoms with E-state index in [0.717, 1.165) is 32.3 Å². The van der Waals surface area contributed by atoms with Crippen molar-refractivity contribution in [3.63, 3.8) is 0 Å². The molecule has 0 radical (unpaired) electrons. The van der Waals surface area contributed by atoms with Gasteiger partial charge in [-0.25, -0.2) is 4.98 Å². The van der Waals surface area contributed by atoms with Crippen molar-refractivity contribution in [3.8, 4) is 28.5 Å². The van der Waals surface area contributed by atoms with Gasteiger partial charge in [0, 0.05) is 23.1 Å². The van der Waals surface area contributed by atoms with Gasteiger partial charge in [0.25, 0.3) is 0 Å². The number of benzene rings is 2. The molecule has 0 aliphatic heterocycles. The summed E-state index contributed by atoms with van der Waals surface area (Å²) in [6, 6.07) is 9.33. The average molecular weight is 456 g/mol. The lowest BCUT2D eigenvalue weighted by molar-refractivity contribution is 0.405. The summed E-state index contributed by atoms with van der Waals surface area (Å²) < 4.78 is 16.8. The van der Waals surface area contributed by atoms with Gasteiger partial charge in [-0.05, 0) is 34.1 Å². The first-order valence-corrected chi connectivity index (χ1v) is 9.58. The first-order chi connectivity index (χ1) is 12.5. The number of thiazole rings is 1. The van der Waals surface area contributed by atoms with Gasteiger partial charge in [-0.2, -0.15) is 0 Å². The number of aromatic nitrogens is 1. The van der Waals surface area contributed by atoms with Gasteiger partial charge in [-0.1, -0.05) is 11.6 Å². The summed E-state index contributed by atoms with van der Waals surface area (Å²) in [5.74, 6) is 1.95. The van der Waals surface area contributed by atoms with Crippen LogP contribution in [0.2, 0.25) is 5.02 Å². The molecule has 0 aliphatic rings. The quantitative estimate of drug-likeness (QED) is 0.494. The fourth-order valence-electron chi connectivity index (χ4n) is 2.36. The van der Waals surface area contributed by atoms with Crippen LogP contribution in [0.15, 0.2) is 40.2 Å². The highest BCUT2D eigenvalue weighted by atomic mass is 79.9. The zero-order valence-corrected chi connectivity index (χ0v) is 17.5. The fourth-order valence-corrected chi connectivity index (χ4v) is 3.87. The summed E-state index contributed by atoms with van der Waals surface area (Å²) >= 11 is 11.1. The van der Waals surface area contributed by atoms with E-state index in [4.69, 9.17) is 25.8 Å². The zero-order chi connectivity index (χ0) is 18.7. The predicted octanol–water partition coefficient (Wildman–Crippen LogP) is 6.00. The van der Waals surface area contributed by atoms with Gasteiger partial charge in [-0.3, -0.25) is 0 Å². The Hall–Kier alpha value is -1.96. The van der Waals surface area contributed by atoms with E-state index in [-0.39, 0.29) is 0 Å². The number of hydrogen-bond donors (Lipinski definition) is 1. The number of rotatable bonds is 6. The summed E-state index contributed by atoms with van der Waals surface area (Å²) in [4.78, 5) is 4.64. The Kier molecular flexibility index (Phi) is 5.90. The van der Waals surface area contributed by atoms with Crippen molar-refractivity contribution in [2.24, 2.45) is 0 Å². The Labute approximate surface area is 169 Å². The molecule has 8 heteroatoms. The summed E-state index contributed by atoms with van der Waals surface area (Å²) in [6.45, 7) is 0. The smallest absolute Gasteiger partial charge is 0.187 e. The molecule has 1 aromatic heterocycles. The van der Waals surface area contributed by atoms with E-state index in [1.807, 2.05) is 23.6 Å². The molecule has 3 rings (SSSR count). The van der Waals surface area contributed by atoms with Crippen LogP contribution >= 0.6 is 38.9 Å². The molecule has 26 heavy (non-hydrogen) atoms. The number of hydrogen-bond acceptors (Lipinski definition) is 6. The van der Waals surface area contributed by atoms with Gasteiger partial charge in [0.2, 0.25) is 0 Å². The normalized spacial score (nSPS) is 10.5. The van der Waals surface area contributed by atoms with E-state index >= 15 is 0 Å². The van der Waals surface area contributed by atoms with E-state index in [1.54, 1.807) is 33.5 Å². The lowest BCUT2D eigenvalue weighted by Gasteiger charge is -2.12. The van der Waals surface area contributed by atoms with E-state index in [2.05, 4.69) is 26.2 Å². The van der Waals surface area contributed by atoms with Gasteiger partial charge >= 0.3 is 0 Å². The number of ether oxygens (including phenoxy) is 3. The third kappa shape index (κ3) is 3.90. The SMILES string of the molecule is COc1cc(Nc2nc(-c3ccc(OC)c(Br)c3)cs2)c(OC)cc1Cl. The molecule has 0 bridgehead atoms. The van der Waals surface area contributed by atoms with Gasteiger partial charge < -0.3 is 19.5 Å². The molecular formula is C18H16BrClN2O3S. The molecule has 5 nitrogen and oxygen atoms in total. The molecule has 0 atom stereocenters. The summed E-state index contributed by atoms with van der Waals surface area (Å²) in [5.41, 5.74) is 2.58. The standard InChI is InChI=1S/C18H16BrClN2O3S/c1-23-15-5-4-10(6-11(15)19)14-9-26-18(22-14)21-13-8-16(24-2)12(20)7-17(13)25-3/h4-9H,1-3H3,(H,21,22). The monoisotopic (exact) mass is 454 g/mol. The molecule has 0 amide bonds. The first-order valence-electron chi connectivity index (χ1n) is 7.53. The minimum atomic E-state index is 0.484. The Morgan fingerprint density at radius 3 is 2.38 bits per heavy atom. The van der Waals surface area contributed by atoms with Crippen LogP contribution < -0.4 is 19.5 Å². The van der Waals surface area contributed by atoms with Crippen LogP contribution in [-0.4, -0.2) is 26.3 Å². The van der Waals surface area contributed by atoms with E-state index in [9.17, 15) is 0 Å². The van der Waals surface area contributed by atoms with Gasteiger partial charge in [0.15, 0.2) is 5.13 Å². The molecule has 1 N–H and O–H groups in total. The van der Waals surface area contributed by atoms with Crippen molar-refractivity contribution in [1.29, 1.82) is 0 Å². The van der Waals surface area contributed by atoms with Crippen molar-refractivity contribution in [3.05, 3.63) is 45.2 Å². The molecule has 2 aromatic carbocycles. The molecular weight excluding hydrogens is 440 g/mol. The lowest BCUT2D eigenvalue weighted by Crippen LogP contribution is -1.96. The van der Waals surface area contributed by atoms with Gasteiger partial charge in [0.1, 0.15) is 17.2 Å².